The SMILES string of the molecule is CCCCCCCCCCCCc1ccc(-c2cc(Br)c(Cc3cc4sc(Cc5[se]c([Si](C)(C)C(C)(C)C)cc5Br)cc4s3)[se]2)s1. The fourth-order valence-corrected chi connectivity index (χ4v) is 22.0. The van der Waals surface area contributed by atoms with Gasteiger partial charge in [0, 0.05) is 0 Å². The zero-order valence-electron chi connectivity index (χ0n) is 28.5. The molecule has 0 amide bonds. The normalized spacial score (nSPS) is 12.6. The van der Waals surface area contributed by atoms with Gasteiger partial charge in [0.15, 0.2) is 0 Å². The van der Waals surface area contributed by atoms with Crippen molar-refractivity contribution in [1.82, 2.24) is 0 Å². The third kappa shape index (κ3) is 9.86. The molecular formula is C38H50Br2S3Se2Si. The van der Waals surface area contributed by atoms with Crippen LogP contribution in [0.2, 0.25) is 18.1 Å². The second-order valence-corrected chi connectivity index (χ2v) is 30.4. The Hall–Kier alpha value is 0.536. The van der Waals surface area contributed by atoms with Gasteiger partial charge in [0.25, 0.3) is 0 Å². The first kappa shape index (κ1) is 37.8. The van der Waals surface area contributed by atoms with E-state index in [4.69, 9.17) is 0 Å². The van der Waals surface area contributed by atoms with Gasteiger partial charge in [0.2, 0.25) is 0 Å². The Kier molecular flexibility index (Phi) is 14.1. The molecule has 0 unspecified atom stereocenters. The Morgan fingerprint density at radius 3 is 1.78 bits per heavy atom. The molecule has 8 heteroatoms. The molecule has 0 aliphatic carbocycles. The summed E-state index contributed by atoms with van der Waals surface area (Å²) in [4.78, 5) is 6.09. The second kappa shape index (κ2) is 17.2. The van der Waals surface area contributed by atoms with Crippen molar-refractivity contribution in [2.45, 2.75) is 129 Å². The van der Waals surface area contributed by atoms with E-state index in [2.05, 4.69) is 109 Å². The van der Waals surface area contributed by atoms with Crippen LogP contribution < -0.4 is 4.06 Å². The first-order valence-corrected chi connectivity index (χ1v) is 27.6. The first-order chi connectivity index (χ1) is 21.9. The van der Waals surface area contributed by atoms with Gasteiger partial charge < -0.3 is 0 Å². The number of aryl methyl sites for hydroxylation is 1. The van der Waals surface area contributed by atoms with Crippen molar-refractivity contribution in [3.05, 3.63) is 68.8 Å². The number of unbranched alkanes of at least 4 members (excludes halogenated alkanes) is 9. The first-order valence-electron chi connectivity index (χ1n) is 17.1. The molecule has 0 atom stereocenters. The maximum absolute atomic E-state index is 3.95. The molecule has 0 aromatic carbocycles. The van der Waals surface area contributed by atoms with Crippen LogP contribution >= 0.6 is 65.9 Å². The maximum atomic E-state index is 3.95. The third-order valence-corrected chi connectivity index (χ3v) is 29.3. The summed E-state index contributed by atoms with van der Waals surface area (Å²) < 4.78 is 12.2. The van der Waals surface area contributed by atoms with Crippen molar-refractivity contribution in [2.75, 3.05) is 0 Å². The molecule has 0 N–H and O–H groups in total. The molecule has 5 aromatic rings. The molecule has 250 valence electrons. The van der Waals surface area contributed by atoms with Gasteiger partial charge in [0.1, 0.15) is 0 Å². The summed E-state index contributed by atoms with van der Waals surface area (Å²) in [5.74, 6) is 0. The van der Waals surface area contributed by atoms with Gasteiger partial charge in [0.05, 0.1) is 0 Å². The molecule has 0 saturated heterocycles. The summed E-state index contributed by atoms with van der Waals surface area (Å²) in [6, 6.07) is 14.7. The Bertz CT molecular complexity index is 1660. The van der Waals surface area contributed by atoms with Crippen molar-refractivity contribution in [3.8, 4) is 9.31 Å². The minimum absolute atomic E-state index is 0.394. The molecule has 0 fully saturated rings. The van der Waals surface area contributed by atoms with E-state index >= 15 is 0 Å². The van der Waals surface area contributed by atoms with Crippen LogP contribution in [0.15, 0.2) is 45.3 Å². The van der Waals surface area contributed by atoms with E-state index in [0.717, 1.165) is 12.8 Å². The quantitative estimate of drug-likeness (QED) is 0.0644. The van der Waals surface area contributed by atoms with Gasteiger partial charge in [-0.2, -0.15) is 0 Å². The molecule has 0 spiro atoms. The molecule has 0 nitrogen and oxygen atoms in total. The van der Waals surface area contributed by atoms with E-state index in [-0.39, 0.29) is 0 Å². The van der Waals surface area contributed by atoms with Gasteiger partial charge in [-0.1, -0.05) is 26.2 Å². The molecule has 0 aliphatic rings. The summed E-state index contributed by atoms with van der Waals surface area (Å²) in [7, 11) is -1.45. The molecule has 5 aromatic heterocycles. The standard InChI is InChI=1S/C38H50Br2S3Se2Si/c1-7-8-9-10-11-12-13-14-15-16-17-26-18-19-31(41-26)36-24-29(39)34(44-36)22-27-20-32-33(42-27)21-28(43-32)23-35-30(40)25-37(45-35)46(5,6)38(2,3)4/h18-21,24-25H,7-17,22-23H2,1-6H3. The Balaban J connectivity index is 1.13. The zero-order valence-corrected chi connectivity index (χ0v) is 38.5. The molecule has 5 rings (SSSR count). The van der Waals surface area contributed by atoms with Crippen molar-refractivity contribution >= 4 is 116 Å². The van der Waals surface area contributed by atoms with Crippen LogP contribution in [0.3, 0.4) is 0 Å². The minimum atomic E-state index is -1.45. The van der Waals surface area contributed by atoms with Crippen LogP contribution in [0, 0.1) is 0 Å². The van der Waals surface area contributed by atoms with Crippen LogP contribution in [0.4, 0.5) is 0 Å². The molecule has 0 saturated carbocycles. The molecule has 0 aliphatic heterocycles. The summed E-state index contributed by atoms with van der Waals surface area (Å²) in [6.45, 7) is 14.7. The molecule has 5 heterocycles. The topological polar surface area (TPSA) is 0 Å². The van der Waals surface area contributed by atoms with E-state index in [0.29, 0.717) is 34.0 Å². The number of hydrogen-bond acceptors (Lipinski definition) is 3. The second-order valence-electron chi connectivity index (χ2n) is 14.3. The average Bonchev–Trinajstić information content (AvgIpc) is 3.81. The number of hydrogen-bond donors (Lipinski definition) is 0. The van der Waals surface area contributed by atoms with Crippen LogP contribution in [0.1, 0.15) is 115 Å². The number of thiophene rings is 3. The Morgan fingerprint density at radius 1 is 0.652 bits per heavy atom. The summed E-state index contributed by atoms with van der Waals surface area (Å²) in [5, 5.41) is 0.394. The molecular weight excluding hydrogens is 898 g/mol. The number of rotatable bonds is 17. The molecule has 0 radical (unpaired) electrons. The van der Waals surface area contributed by atoms with E-state index in [9.17, 15) is 0 Å². The van der Waals surface area contributed by atoms with Crippen LogP contribution in [0.5, 0.6) is 0 Å². The molecule has 0 bridgehead atoms. The van der Waals surface area contributed by atoms with Crippen molar-refractivity contribution in [3.63, 3.8) is 0 Å². The predicted octanol–water partition coefficient (Wildman–Crippen LogP) is 13.7. The van der Waals surface area contributed by atoms with Gasteiger partial charge in [-0.25, -0.2) is 0 Å². The predicted molar refractivity (Wildman–Crippen MR) is 223 cm³/mol. The number of fused-ring (bicyclic) bond motifs is 1. The van der Waals surface area contributed by atoms with Gasteiger partial charge in [-0.15, -0.1) is 0 Å². The van der Waals surface area contributed by atoms with Crippen LogP contribution in [-0.2, 0) is 19.3 Å². The van der Waals surface area contributed by atoms with Crippen LogP contribution in [-0.4, -0.2) is 37.1 Å². The average molecular weight is 949 g/mol. The Morgan fingerprint density at radius 2 is 1.20 bits per heavy atom. The number of halogens is 2. The van der Waals surface area contributed by atoms with E-state index in [1.54, 1.807) is 22.2 Å². The van der Waals surface area contributed by atoms with Crippen molar-refractivity contribution in [1.29, 1.82) is 0 Å². The Labute approximate surface area is 320 Å². The molecule has 46 heavy (non-hydrogen) atoms. The van der Waals surface area contributed by atoms with Gasteiger partial charge in [-0.3, -0.25) is 0 Å². The van der Waals surface area contributed by atoms with Crippen LogP contribution in [0.25, 0.3) is 18.7 Å². The van der Waals surface area contributed by atoms with Crippen molar-refractivity contribution in [2.24, 2.45) is 0 Å². The van der Waals surface area contributed by atoms with E-state index < -0.39 is 8.07 Å². The summed E-state index contributed by atoms with van der Waals surface area (Å²) >= 11 is 14.8. The van der Waals surface area contributed by atoms with E-state index in [1.807, 2.05) is 34.0 Å². The summed E-state index contributed by atoms with van der Waals surface area (Å²) in [6.07, 6.45) is 17.5. The van der Waals surface area contributed by atoms with Gasteiger partial charge >= 0.3 is 298 Å². The zero-order chi connectivity index (χ0) is 32.9. The van der Waals surface area contributed by atoms with Gasteiger partial charge in [-0.05, 0) is 0 Å². The fourth-order valence-electron chi connectivity index (χ4n) is 5.71. The monoisotopic (exact) mass is 948 g/mol. The third-order valence-electron chi connectivity index (χ3n) is 9.67. The van der Waals surface area contributed by atoms with Crippen molar-refractivity contribution < 1.29 is 0 Å². The summed E-state index contributed by atoms with van der Waals surface area (Å²) in [5.41, 5.74) is 0. The fraction of sp³-hybridized carbons (Fsp3) is 0.526. The van der Waals surface area contributed by atoms with E-state index in [1.165, 1.54) is 104 Å².